The van der Waals surface area contributed by atoms with Gasteiger partial charge < -0.3 is 25.5 Å². The van der Waals surface area contributed by atoms with Gasteiger partial charge in [0.15, 0.2) is 0 Å². The lowest BCUT2D eigenvalue weighted by Crippen LogP contribution is -2.43. The van der Waals surface area contributed by atoms with Crippen LogP contribution >= 0.6 is 0 Å². The molecule has 4 unspecified atom stereocenters. The Morgan fingerprint density at radius 2 is 1.45 bits per heavy atom. The third kappa shape index (κ3) is 3.13. The zero-order valence-corrected chi connectivity index (χ0v) is 6.12. The Balaban J connectivity index is 3.90. The minimum Gasteiger partial charge on any atom is -0.391 e. The van der Waals surface area contributed by atoms with Gasteiger partial charge in [-0.25, -0.2) is 0 Å². The van der Waals surface area contributed by atoms with Crippen LogP contribution in [0.2, 0.25) is 0 Å². The molecule has 5 N–H and O–H groups in total. The second-order valence-electron chi connectivity index (χ2n) is 2.36. The van der Waals surface area contributed by atoms with Crippen LogP contribution in [-0.4, -0.2) is 49.9 Å². The monoisotopic (exact) mass is 165 g/mol. The highest BCUT2D eigenvalue weighted by Gasteiger charge is 2.27. The molecule has 4 atom stereocenters. The quantitative estimate of drug-likeness (QED) is 0.331. The van der Waals surface area contributed by atoms with Crippen molar-refractivity contribution < 1.29 is 25.5 Å². The summed E-state index contributed by atoms with van der Waals surface area (Å²) in [6.45, 7) is 1.61. The highest BCUT2D eigenvalue weighted by atomic mass is 16.4. The van der Waals surface area contributed by atoms with E-state index in [2.05, 4.69) is 0 Å². The van der Waals surface area contributed by atoms with Gasteiger partial charge in [0.2, 0.25) is 0 Å². The first-order valence-corrected chi connectivity index (χ1v) is 3.20. The van der Waals surface area contributed by atoms with Crippen LogP contribution in [0.1, 0.15) is 6.92 Å². The second-order valence-corrected chi connectivity index (χ2v) is 2.36. The molecule has 0 fully saturated rings. The summed E-state index contributed by atoms with van der Waals surface area (Å²) in [6, 6.07) is 0. The zero-order valence-electron chi connectivity index (χ0n) is 6.12. The first kappa shape index (κ1) is 10.8. The molecule has 0 amide bonds. The summed E-state index contributed by atoms with van der Waals surface area (Å²) >= 11 is 0. The number of hydrogen-bond donors (Lipinski definition) is 5. The second kappa shape index (κ2) is 4.63. The van der Waals surface area contributed by atoms with E-state index in [-0.39, 0.29) is 0 Å². The summed E-state index contributed by atoms with van der Waals surface area (Å²) < 4.78 is 0. The van der Waals surface area contributed by atoms with Gasteiger partial charge in [-0.05, 0) is 6.92 Å². The maximum atomic E-state index is 8.91. The summed E-state index contributed by atoms with van der Waals surface area (Å²) in [7, 11) is 0. The predicted octanol–water partition coefficient (Wildman–Crippen LogP) is -2.02. The predicted molar refractivity (Wildman–Crippen MR) is 35.9 cm³/mol. The SMILES string of the molecule is CC(O)C(O)C(O)C(O)[CH]O. The Morgan fingerprint density at radius 1 is 1.00 bits per heavy atom. The molecule has 0 aliphatic heterocycles. The molecular weight excluding hydrogens is 152 g/mol. The molecule has 0 aliphatic carbocycles. The third-order valence-corrected chi connectivity index (χ3v) is 1.35. The molecule has 1 radical (unpaired) electrons. The van der Waals surface area contributed by atoms with Gasteiger partial charge in [0.25, 0.3) is 0 Å². The van der Waals surface area contributed by atoms with E-state index < -0.39 is 24.4 Å². The molecule has 0 aromatic carbocycles. The minimum atomic E-state index is -1.57. The van der Waals surface area contributed by atoms with Crippen LogP contribution in [0.5, 0.6) is 0 Å². The standard InChI is InChI=1S/C6H13O5/c1-3(8)5(10)6(11)4(9)2-7/h2-11H,1H3. The van der Waals surface area contributed by atoms with Gasteiger partial charge in [-0.1, -0.05) is 0 Å². The van der Waals surface area contributed by atoms with Crippen molar-refractivity contribution >= 4 is 0 Å². The molecular formula is C6H13O5. The molecule has 0 heterocycles. The summed E-state index contributed by atoms with van der Waals surface area (Å²) in [5.41, 5.74) is 0. The summed E-state index contributed by atoms with van der Waals surface area (Å²) in [5.74, 6) is 0. The van der Waals surface area contributed by atoms with Gasteiger partial charge in [-0.15, -0.1) is 0 Å². The fourth-order valence-electron chi connectivity index (χ4n) is 0.576. The van der Waals surface area contributed by atoms with Gasteiger partial charge in [-0.2, -0.15) is 0 Å². The van der Waals surface area contributed by atoms with Crippen LogP contribution in [0.15, 0.2) is 0 Å². The molecule has 11 heavy (non-hydrogen) atoms. The Kier molecular flexibility index (Phi) is 4.55. The van der Waals surface area contributed by atoms with Crippen molar-refractivity contribution in [2.24, 2.45) is 0 Å². The van der Waals surface area contributed by atoms with Crippen LogP contribution in [-0.2, 0) is 0 Å². The average Bonchev–Trinajstić information content (AvgIpc) is 2.00. The molecule has 0 saturated heterocycles. The van der Waals surface area contributed by atoms with Gasteiger partial charge in [-0.3, -0.25) is 0 Å². The molecule has 67 valence electrons. The van der Waals surface area contributed by atoms with Gasteiger partial charge in [0.1, 0.15) is 24.9 Å². The lowest BCUT2D eigenvalue weighted by Gasteiger charge is -2.22. The normalized spacial score (nSPS) is 22.4. The molecule has 0 aromatic heterocycles. The number of aliphatic hydroxyl groups excluding tert-OH is 5. The lowest BCUT2D eigenvalue weighted by atomic mass is 10.1. The number of aliphatic hydroxyl groups is 5. The van der Waals surface area contributed by atoms with Crippen LogP contribution in [0, 0.1) is 6.61 Å². The Hall–Kier alpha value is -0.200. The van der Waals surface area contributed by atoms with Crippen LogP contribution in [0.25, 0.3) is 0 Å². The minimum absolute atomic E-state index is 0.344. The van der Waals surface area contributed by atoms with Gasteiger partial charge in [0.05, 0.1) is 6.10 Å². The van der Waals surface area contributed by atoms with E-state index in [1.807, 2.05) is 0 Å². The Labute approximate surface area is 64.5 Å². The fourth-order valence-corrected chi connectivity index (χ4v) is 0.576. The largest absolute Gasteiger partial charge is 0.391 e. The molecule has 0 spiro atoms. The maximum Gasteiger partial charge on any atom is 0.111 e. The van der Waals surface area contributed by atoms with Crippen molar-refractivity contribution in [2.75, 3.05) is 0 Å². The van der Waals surface area contributed by atoms with Gasteiger partial charge in [0, 0.05) is 0 Å². The van der Waals surface area contributed by atoms with Crippen molar-refractivity contribution in [3.05, 3.63) is 6.61 Å². The van der Waals surface area contributed by atoms with E-state index in [9.17, 15) is 0 Å². The Bertz CT molecular complexity index is 105. The number of rotatable bonds is 4. The van der Waals surface area contributed by atoms with E-state index in [4.69, 9.17) is 25.5 Å². The van der Waals surface area contributed by atoms with Crippen molar-refractivity contribution in [2.45, 2.75) is 31.3 Å². The van der Waals surface area contributed by atoms with E-state index >= 15 is 0 Å². The number of hydrogen-bond acceptors (Lipinski definition) is 5. The maximum absolute atomic E-state index is 8.91. The van der Waals surface area contributed by atoms with E-state index in [0.717, 1.165) is 0 Å². The topological polar surface area (TPSA) is 101 Å². The van der Waals surface area contributed by atoms with Crippen LogP contribution in [0.3, 0.4) is 0 Å². The molecule has 0 bridgehead atoms. The summed E-state index contributed by atoms with van der Waals surface area (Å²) in [5, 5.41) is 43.5. The van der Waals surface area contributed by atoms with Crippen molar-refractivity contribution in [3.8, 4) is 0 Å². The first-order chi connectivity index (χ1) is 5.00. The molecule has 0 saturated carbocycles. The average molecular weight is 165 g/mol. The van der Waals surface area contributed by atoms with Crippen molar-refractivity contribution in [3.63, 3.8) is 0 Å². The zero-order chi connectivity index (χ0) is 9.02. The van der Waals surface area contributed by atoms with Crippen LogP contribution in [0.4, 0.5) is 0 Å². The molecule has 5 heteroatoms. The van der Waals surface area contributed by atoms with Crippen molar-refractivity contribution in [1.29, 1.82) is 0 Å². The molecule has 5 nitrogen and oxygen atoms in total. The highest BCUT2D eigenvalue weighted by Crippen LogP contribution is 2.05. The van der Waals surface area contributed by atoms with E-state index in [0.29, 0.717) is 6.61 Å². The first-order valence-electron chi connectivity index (χ1n) is 3.20. The van der Waals surface area contributed by atoms with Gasteiger partial charge >= 0.3 is 0 Å². The highest BCUT2D eigenvalue weighted by molar-refractivity contribution is 4.82. The lowest BCUT2D eigenvalue weighted by molar-refractivity contribution is -0.0994. The molecule has 0 aromatic rings. The van der Waals surface area contributed by atoms with E-state index in [1.54, 1.807) is 0 Å². The molecule has 0 rings (SSSR count). The Morgan fingerprint density at radius 3 is 1.73 bits per heavy atom. The van der Waals surface area contributed by atoms with Crippen molar-refractivity contribution in [1.82, 2.24) is 0 Å². The fraction of sp³-hybridized carbons (Fsp3) is 0.833. The van der Waals surface area contributed by atoms with Crippen LogP contribution < -0.4 is 0 Å². The van der Waals surface area contributed by atoms with E-state index in [1.165, 1.54) is 6.92 Å². The third-order valence-electron chi connectivity index (χ3n) is 1.35. The summed E-state index contributed by atoms with van der Waals surface area (Å²) in [6.07, 6.45) is -5.73. The summed E-state index contributed by atoms with van der Waals surface area (Å²) in [4.78, 5) is 0. The smallest absolute Gasteiger partial charge is 0.111 e. The molecule has 0 aliphatic rings.